The van der Waals surface area contributed by atoms with Crippen molar-refractivity contribution in [2.45, 2.75) is 83.0 Å². The van der Waals surface area contributed by atoms with E-state index in [4.69, 9.17) is 4.74 Å². The van der Waals surface area contributed by atoms with Crippen LogP contribution in [0.3, 0.4) is 0 Å². The van der Waals surface area contributed by atoms with Crippen molar-refractivity contribution in [2.24, 2.45) is 17.8 Å². The molecular weight excluding hydrogens is 418 g/mol. The Morgan fingerprint density at radius 3 is 2.35 bits per heavy atom. The largest absolute Gasteiger partial charge is 0.461 e. The maximum atomic E-state index is 13.9. The SMILES string of the molecule is C[C@@H]1CC[C@@H](C(C)(C)c2ccccc2)[C@H](OC(=O)[C@@H]2[C@H]3C=C[C@H](C3)N2[C@H](C)c2ccccc2)C1. The van der Waals surface area contributed by atoms with Gasteiger partial charge in [-0.1, -0.05) is 100 Å². The highest BCUT2D eigenvalue weighted by atomic mass is 16.5. The van der Waals surface area contributed by atoms with E-state index in [0.717, 1.165) is 19.3 Å². The van der Waals surface area contributed by atoms with Gasteiger partial charge in [0.15, 0.2) is 0 Å². The highest BCUT2D eigenvalue weighted by Gasteiger charge is 2.51. The molecule has 0 spiro atoms. The van der Waals surface area contributed by atoms with E-state index in [1.807, 2.05) is 0 Å². The molecule has 5 rings (SSSR count). The molecule has 0 aromatic heterocycles. The molecule has 2 aromatic carbocycles. The minimum atomic E-state index is -0.192. The van der Waals surface area contributed by atoms with E-state index in [1.54, 1.807) is 0 Å². The summed E-state index contributed by atoms with van der Waals surface area (Å²) >= 11 is 0. The Hall–Kier alpha value is -2.39. The summed E-state index contributed by atoms with van der Waals surface area (Å²) in [5.74, 6) is 1.14. The molecule has 0 amide bonds. The minimum absolute atomic E-state index is 0.0207. The standard InChI is InChI=1S/C31H39NO2/c1-21-15-18-27(31(3,4)25-13-9-6-10-14-25)28(19-21)34-30(33)29-24-16-17-26(20-24)32(29)22(2)23-11-7-5-8-12-23/h5-14,16-17,21-22,24,26-29H,15,18-20H2,1-4H3/t21-,22-,24+,26-,27-,28-,29+/m1/s1. The first-order valence-corrected chi connectivity index (χ1v) is 13.1. The van der Waals surface area contributed by atoms with Crippen LogP contribution >= 0.6 is 0 Å². The zero-order valence-corrected chi connectivity index (χ0v) is 21.1. The molecule has 1 saturated heterocycles. The zero-order valence-electron chi connectivity index (χ0n) is 21.1. The van der Waals surface area contributed by atoms with Crippen molar-refractivity contribution in [1.29, 1.82) is 0 Å². The van der Waals surface area contributed by atoms with Crippen molar-refractivity contribution < 1.29 is 9.53 Å². The van der Waals surface area contributed by atoms with Crippen molar-refractivity contribution in [3.63, 3.8) is 0 Å². The maximum absolute atomic E-state index is 13.9. The molecular formula is C31H39NO2. The molecule has 3 aliphatic rings. The zero-order chi connectivity index (χ0) is 23.9. The van der Waals surface area contributed by atoms with Crippen LogP contribution in [0.5, 0.6) is 0 Å². The van der Waals surface area contributed by atoms with Crippen molar-refractivity contribution in [3.8, 4) is 0 Å². The van der Waals surface area contributed by atoms with Gasteiger partial charge in [-0.15, -0.1) is 0 Å². The lowest BCUT2D eigenvalue weighted by atomic mass is 9.64. The second-order valence-corrected chi connectivity index (χ2v) is 11.4. The molecule has 0 radical (unpaired) electrons. The van der Waals surface area contributed by atoms with Crippen LogP contribution in [0.2, 0.25) is 0 Å². The molecule has 2 bridgehead atoms. The molecule has 1 saturated carbocycles. The average molecular weight is 458 g/mol. The summed E-state index contributed by atoms with van der Waals surface area (Å²) < 4.78 is 6.52. The van der Waals surface area contributed by atoms with Gasteiger partial charge in [-0.2, -0.15) is 0 Å². The topological polar surface area (TPSA) is 29.5 Å². The van der Waals surface area contributed by atoms with Crippen LogP contribution < -0.4 is 0 Å². The Morgan fingerprint density at radius 1 is 0.971 bits per heavy atom. The van der Waals surface area contributed by atoms with Crippen LogP contribution in [-0.2, 0) is 14.9 Å². The van der Waals surface area contributed by atoms with Gasteiger partial charge in [0.1, 0.15) is 12.1 Å². The van der Waals surface area contributed by atoms with Gasteiger partial charge in [0.05, 0.1) is 0 Å². The fraction of sp³-hybridized carbons (Fsp3) is 0.516. The third-order valence-corrected chi connectivity index (χ3v) is 8.94. The second-order valence-electron chi connectivity index (χ2n) is 11.4. The Balaban J connectivity index is 1.38. The van der Waals surface area contributed by atoms with Crippen LogP contribution in [0, 0.1) is 17.8 Å². The van der Waals surface area contributed by atoms with Crippen molar-refractivity contribution >= 4 is 5.97 Å². The summed E-state index contributed by atoms with van der Waals surface area (Å²) in [7, 11) is 0. The number of carbonyl (C=O) groups excluding carboxylic acids is 1. The first-order chi connectivity index (χ1) is 16.4. The van der Waals surface area contributed by atoms with E-state index in [0.29, 0.717) is 17.9 Å². The van der Waals surface area contributed by atoms with E-state index in [9.17, 15) is 4.79 Å². The molecule has 7 atom stereocenters. The molecule has 34 heavy (non-hydrogen) atoms. The van der Waals surface area contributed by atoms with Gasteiger partial charge < -0.3 is 4.74 Å². The minimum Gasteiger partial charge on any atom is -0.461 e. The predicted octanol–water partition coefficient (Wildman–Crippen LogP) is 6.70. The number of ether oxygens (including phenoxy) is 1. The van der Waals surface area contributed by atoms with Crippen LogP contribution in [0.4, 0.5) is 0 Å². The monoisotopic (exact) mass is 457 g/mol. The van der Waals surface area contributed by atoms with Gasteiger partial charge in [-0.25, -0.2) is 0 Å². The smallest absolute Gasteiger partial charge is 0.324 e. The van der Waals surface area contributed by atoms with Crippen LogP contribution in [0.1, 0.15) is 70.5 Å². The van der Waals surface area contributed by atoms with Crippen molar-refractivity contribution in [1.82, 2.24) is 4.90 Å². The molecule has 180 valence electrons. The predicted molar refractivity (Wildman–Crippen MR) is 137 cm³/mol. The van der Waals surface area contributed by atoms with Crippen molar-refractivity contribution in [3.05, 3.63) is 83.9 Å². The summed E-state index contributed by atoms with van der Waals surface area (Å²) in [4.78, 5) is 16.3. The van der Waals surface area contributed by atoms with Crippen LogP contribution in [0.25, 0.3) is 0 Å². The lowest BCUT2D eigenvalue weighted by Crippen LogP contribution is -2.49. The number of carbonyl (C=O) groups is 1. The molecule has 3 nitrogen and oxygen atoms in total. The molecule has 2 aliphatic carbocycles. The van der Waals surface area contributed by atoms with Gasteiger partial charge in [0.25, 0.3) is 0 Å². The number of esters is 1. The lowest BCUT2D eigenvalue weighted by molar-refractivity contribution is -0.164. The highest BCUT2D eigenvalue weighted by Crippen LogP contribution is 2.46. The molecule has 1 heterocycles. The first kappa shape index (κ1) is 23.4. The number of likely N-dealkylation sites (tertiary alicyclic amines) is 1. The summed E-state index contributed by atoms with van der Waals surface area (Å²) in [5, 5.41) is 0. The Labute approximate surface area is 205 Å². The number of fused-ring (bicyclic) bond motifs is 2. The quantitative estimate of drug-likeness (QED) is 0.357. The molecule has 0 N–H and O–H groups in total. The third-order valence-electron chi connectivity index (χ3n) is 8.94. The summed E-state index contributed by atoms with van der Waals surface area (Å²) in [6.07, 6.45) is 8.78. The highest BCUT2D eigenvalue weighted by molar-refractivity contribution is 5.78. The maximum Gasteiger partial charge on any atom is 0.324 e. The van der Waals surface area contributed by atoms with Gasteiger partial charge in [0, 0.05) is 23.9 Å². The Bertz CT molecular complexity index is 1010. The van der Waals surface area contributed by atoms with Gasteiger partial charge >= 0.3 is 5.97 Å². The normalized spacial score (nSPS) is 32.0. The van der Waals surface area contributed by atoms with E-state index >= 15 is 0 Å². The number of benzene rings is 2. The first-order valence-electron chi connectivity index (χ1n) is 13.1. The number of rotatable bonds is 6. The van der Waals surface area contributed by atoms with Crippen LogP contribution in [0.15, 0.2) is 72.8 Å². The molecule has 3 heteroatoms. The third kappa shape index (κ3) is 4.24. The number of hydrogen-bond acceptors (Lipinski definition) is 3. The number of nitrogens with zero attached hydrogens (tertiary/aromatic N) is 1. The van der Waals surface area contributed by atoms with E-state index in [-0.39, 0.29) is 35.5 Å². The van der Waals surface area contributed by atoms with Crippen molar-refractivity contribution in [2.75, 3.05) is 0 Å². The number of hydrogen-bond donors (Lipinski definition) is 0. The second kappa shape index (κ2) is 9.34. The summed E-state index contributed by atoms with van der Waals surface area (Å²) in [5.41, 5.74) is 2.55. The van der Waals surface area contributed by atoms with E-state index < -0.39 is 0 Å². The molecule has 2 fully saturated rings. The van der Waals surface area contributed by atoms with Gasteiger partial charge in [0.2, 0.25) is 0 Å². The van der Waals surface area contributed by atoms with E-state index in [1.165, 1.54) is 17.5 Å². The summed E-state index contributed by atoms with van der Waals surface area (Å²) in [6.45, 7) is 9.19. The molecule has 1 aliphatic heterocycles. The van der Waals surface area contributed by atoms with E-state index in [2.05, 4.69) is 105 Å². The molecule has 0 unspecified atom stereocenters. The van der Waals surface area contributed by atoms with Crippen LogP contribution in [-0.4, -0.2) is 29.1 Å². The fourth-order valence-electron chi connectivity index (χ4n) is 6.90. The molecule has 2 aromatic rings. The average Bonchev–Trinajstić information content (AvgIpc) is 3.46. The Kier molecular flexibility index (Phi) is 6.41. The van der Waals surface area contributed by atoms with Gasteiger partial charge in [-0.3, -0.25) is 9.69 Å². The lowest BCUT2D eigenvalue weighted by Gasteiger charge is -2.45. The fourth-order valence-corrected chi connectivity index (χ4v) is 6.90. The summed E-state index contributed by atoms with van der Waals surface area (Å²) in [6, 6.07) is 21.6. The van der Waals surface area contributed by atoms with Gasteiger partial charge in [-0.05, 0) is 48.6 Å². The Morgan fingerprint density at radius 2 is 1.65 bits per heavy atom.